The van der Waals surface area contributed by atoms with Gasteiger partial charge in [0.25, 0.3) is 0 Å². The summed E-state index contributed by atoms with van der Waals surface area (Å²) < 4.78 is 75.9. The second-order valence-corrected chi connectivity index (χ2v) is 4.56. The van der Waals surface area contributed by atoms with Crippen molar-refractivity contribution in [3.8, 4) is 6.07 Å². The van der Waals surface area contributed by atoms with Crippen molar-refractivity contribution in [1.82, 2.24) is 4.98 Å². The molecule has 11 heteroatoms. The number of thioether (sulfide) groups is 1. The van der Waals surface area contributed by atoms with Crippen LogP contribution in [-0.2, 0) is 17.1 Å². The second-order valence-electron chi connectivity index (χ2n) is 3.60. The Labute approximate surface area is 117 Å². The molecule has 0 fully saturated rings. The lowest BCUT2D eigenvalue weighted by Crippen LogP contribution is -2.17. The number of rotatable bonds is 3. The van der Waals surface area contributed by atoms with Crippen LogP contribution in [-0.4, -0.2) is 16.6 Å². The van der Waals surface area contributed by atoms with Gasteiger partial charge in [0.05, 0.1) is 16.9 Å². The van der Waals surface area contributed by atoms with Gasteiger partial charge < -0.3 is 5.73 Å². The van der Waals surface area contributed by atoms with E-state index in [4.69, 9.17) is 11.0 Å². The normalized spacial score (nSPS) is 12.0. The minimum atomic E-state index is -5.17. The van der Waals surface area contributed by atoms with Crippen LogP contribution in [0.4, 0.5) is 26.3 Å². The summed E-state index contributed by atoms with van der Waals surface area (Å²) in [6.45, 7) is 0. The molecule has 0 saturated heterocycles. The number of nitrogens with zero attached hydrogens (tertiary/aromatic N) is 2. The van der Waals surface area contributed by atoms with Crippen LogP contribution >= 0.6 is 11.8 Å². The number of hydrogen-bond acceptors (Lipinski definition) is 4. The van der Waals surface area contributed by atoms with Crippen LogP contribution in [0.15, 0.2) is 11.1 Å². The number of nitrogens with two attached hydrogens (primary N) is 1. The number of carbonyl (C=O) groups excluding carboxylic acids is 1. The number of aromatic nitrogens is 1. The van der Waals surface area contributed by atoms with Crippen LogP contribution in [0.25, 0.3) is 0 Å². The predicted octanol–water partition coefficient (Wildman–Crippen LogP) is 2.57. The number of halogens is 6. The van der Waals surface area contributed by atoms with Crippen molar-refractivity contribution in [3.05, 3.63) is 22.9 Å². The van der Waals surface area contributed by atoms with E-state index in [1.165, 1.54) is 0 Å². The highest BCUT2D eigenvalue weighted by molar-refractivity contribution is 8.00. The van der Waals surface area contributed by atoms with Crippen molar-refractivity contribution in [3.63, 3.8) is 0 Å². The molecule has 0 aliphatic rings. The summed E-state index contributed by atoms with van der Waals surface area (Å²) in [6.07, 6.45) is -10.3. The quantitative estimate of drug-likeness (QED) is 0.683. The Morgan fingerprint density at radius 1 is 1.29 bits per heavy atom. The average molecular weight is 329 g/mol. The topological polar surface area (TPSA) is 79.8 Å². The summed E-state index contributed by atoms with van der Waals surface area (Å²) in [5.74, 6) is -1.59. The first kappa shape index (κ1) is 17.1. The van der Waals surface area contributed by atoms with Crippen molar-refractivity contribution in [2.24, 2.45) is 5.73 Å². The maximum absolute atomic E-state index is 12.7. The SMILES string of the molecule is N#Cc1c(C(F)(F)F)cc(C(F)(F)F)nc1SCC(N)=O. The molecule has 21 heavy (non-hydrogen) atoms. The fraction of sp³-hybridized carbons (Fsp3) is 0.300. The van der Waals surface area contributed by atoms with E-state index in [9.17, 15) is 31.1 Å². The fourth-order valence-electron chi connectivity index (χ4n) is 1.24. The maximum atomic E-state index is 12.7. The molecule has 1 heterocycles. The van der Waals surface area contributed by atoms with E-state index in [1.807, 2.05) is 0 Å². The smallest absolute Gasteiger partial charge is 0.369 e. The van der Waals surface area contributed by atoms with Gasteiger partial charge in [-0.1, -0.05) is 11.8 Å². The van der Waals surface area contributed by atoms with E-state index in [0.29, 0.717) is 0 Å². The first-order valence-corrected chi connectivity index (χ1v) is 5.96. The highest BCUT2D eigenvalue weighted by atomic mass is 32.2. The Morgan fingerprint density at radius 2 is 1.86 bits per heavy atom. The van der Waals surface area contributed by atoms with Crippen LogP contribution in [0.1, 0.15) is 16.8 Å². The van der Waals surface area contributed by atoms with Gasteiger partial charge in [-0.05, 0) is 6.07 Å². The Balaban J connectivity index is 3.53. The molecule has 0 unspecified atom stereocenters. The van der Waals surface area contributed by atoms with E-state index < -0.39 is 45.9 Å². The third-order valence-electron chi connectivity index (χ3n) is 2.05. The number of nitriles is 1. The number of alkyl halides is 6. The van der Waals surface area contributed by atoms with Gasteiger partial charge in [0.15, 0.2) is 0 Å². The molecule has 1 amide bonds. The van der Waals surface area contributed by atoms with Gasteiger partial charge in [-0.25, -0.2) is 4.98 Å². The number of pyridine rings is 1. The Hall–Kier alpha value is -1.96. The zero-order valence-corrected chi connectivity index (χ0v) is 10.7. The first-order valence-electron chi connectivity index (χ1n) is 4.97. The van der Waals surface area contributed by atoms with Crippen LogP contribution in [0.3, 0.4) is 0 Å². The lowest BCUT2D eigenvalue weighted by atomic mass is 10.1. The highest BCUT2D eigenvalue weighted by Crippen LogP contribution is 2.39. The lowest BCUT2D eigenvalue weighted by Gasteiger charge is -2.15. The van der Waals surface area contributed by atoms with Crippen LogP contribution in [0.2, 0.25) is 0 Å². The minimum Gasteiger partial charge on any atom is -0.369 e. The van der Waals surface area contributed by atoms with E-state index in [2.05, 4.69) is 4.98 Å². The standard InChI is InChI=1S/C10H5F6N3OS/c11-9(12,13)5-1-6(10(14,15)16)19-8(4(5)2-17)21-3-7(18)20/h1H,3H2,(H2,18,20). The largest absolute Gasteiger partial charge is 0.433 e. The van der Waals surface area contributed by atoms with E-state index in [1.54, 1.807) is 0 Å². The summed E-state index contributed by atoms with van der Waals surface area (Å²) in [7, 11) is 0. The van der Waals surface area contributed by atoms with E-state index >= 15 is 0 Å². The van der Waals surface area contributed by atoms with Gasteiger partial charge in [-0.3, -0.25) is 4.79 Å². The Morgan fingerprint density at radius 3 is 2.24 bits per heavy atom. The van der Waals surface area contributed by atoms with Crippen molar-refractivity contribution in [1.29, 1.82) is 5.26 Å². The number of amides is 1. The summed E-state index contributed by atoms with van der Waals surface area (Å²) in [5, 5.41) is 7.87. The van der Waals surface area contributed by atoms with Crippen molar-refractivity contribution in [2.75, 3.05) is 5.75 Å². The molecule has 2 N–H and O–H groups in total. The van der Waals surface area contributed by atoms with Crippen LogP contribution < -0.4 is 5.73 Å². The number of carbonyl (C=O) groups is 1. The Kier molecular flexibility index (Phi) is 4.72. The molecule has 0 aromatic carbocycles. The van der Waals surface area contributed by atoms with Gasteiger partial charge in [0, 0.05) is 0 Å². The molecule has 4 nitrogen and oxygen atoms in total. The summed E-state index contributed by atoms with van der Waals surface area (Å²) >= 11 is 0.232. The highest BCUT2D eigenvalue weighted by Gasteiger charge is 2.41. The second kappa shape index (κ2) is 5.80. The molecule has 0 spiro atoms. The lowest BCUT2D eigenvalue weighted by molar-refractivity contribution is -0.146. The molecular weight excluding hydrogens is 324 g/mol. The van der Waals surface area contributed by atoms with Crippen molar-refractivity contribution in [2.45, 2.75) is 17.4 Å². The average Bonchev–Trinajstić information content (AvgIpc) is 2.32. The monoisotopic (exact) mass is 329 g/mol. The Bertz CT molecular complexity index is 605. The molecule has 1 rings (SSSR count). The first-order chi connectivity index (χ1) is 9.46. The van der Waals surface area contributed by atoms with E-state index in [-0.39, 0.29) is 17.8 Å². The van der Waals surface area contributed by atoms with Gasteiger partial charge >= 0.3 is 12.4 Å². The minimum absolute atomic E-state index is 0.232. The molecule has 0 aliphatic heterocycles. The van der Waals surface area contributed by atoms with Gasteiger partial charge in [-0.2, -0.15) is 31.6 Å². The summed E-state index contributed by atoms with van der Waals surface area (Å²) in [5.41, 5.74) is 0.114. The molecule has 0 bridgehead atoms. The zero-order valence-electron chi connectivity index (χ0n) is 9.84. The molecule has 1 aromatic rings. The fourth-order valence-corrected chi connectivity index (χ4v) is 1.98. The third kappa shape index (κ3) is 4.25. The molecule has 0 atom stereocenters. The zero-order chi connectivity index (χ0) is 16.4. The molecule has 0 aliphatic carbocycles. The molecule has 0 saturated carbocycles. The van der Waals surface area contributed by atoms with E-state index in [0.717, 1.165) is 6.07 Å². The van der Waals surface area contributed by atoms with Crippen molar-refractivity contribution < 1.29 is 31.1 Å². The maximum Gasteiger partial charge on any atom is 0.433 e. The van der Waals surface area contributed by atoms with Gasteiger partial charge in [0.2, 0.25) is 5.91 Å². The number of primary amides is 1. The van der Waals surface area contributed by atoms with Crippen LogP contribution in [0, 0.1) is 11.3 Å². The third-order valence-corrected chi connectivity index (χ3v) is 3.04. The molecule has 1 aromatic heterocycles. The predicted molar refractivity (Wildman–Crippen MR) is 58.9 cm³/mol. The van der Waals surface area contributed by atoms with Gasteiger partial charge in [0.1, 0.15) is 16.8 Å². The summed E-state index contributed by atoms with van der Waals surface area (Å²) in [4.78, 5) is 13.6. The molecule has 114 valence electrons. The van der Waals surface area contributed by atoms with Gasteiger partial charge in [-0.15, -0.1) is 0 Å². The molecule has 0 radical (unpaired) electrons. The van der Waals surface area contributed by atoms with Crippen molar-refractivity contribution >= 4 is 17.7 Å². The summed E-state index contributed by atoms with van der Waals surface area (Å²) in [6, 6.07) is 0.907. The van der Waals surface area contributed by atoms with Crippen LogP contribution in [0.5, 0.6) is 0 Å². The molecular formula is C10H5F6N3OS. The number of hydrogen-bond donors (Lipinski definition) is 1.